The molecule has 1 amide bonds. The van der Waals surface area contributed by atoms with E-state index in [1.165, 1.54) is 26.0 Å². The Bertz CT molecular complexity index is 696. The minimum Gasteiger partial charge on any atom is -0.503 e. The summed E-state index contributed by atoms with van der Waals surface area (Å²) in [5, 5.41) is 10.2. The van der Waals surface area contributed by atoms with Crippen LogP contribution in [0.4, 0.5) is 0 Å². The van der Waals surface area contributed by atoms with E-state index in [0.717, 1.165) is 0 Å². The van der Waals surface area contributed by atoms with Crippen molar-refractivity contribution in [3.05, 3.63) is 35.1 Å². The number of hydrogen-bond donors (Lipinski definition) is 2. The summed E-state index contributed by atoms with van der Waals surface area (Å²) in [5.41, 5.74) is 4.65. The minimum absolute atomic E-state index is 0.0595. The lowest BCUT2D eigenvalue weighted by Gasteiger charge is -2.27. The first-order valence-electron chi connectivity index (χ1n) is 7.61. The Labute approximate surface area is 140 Å². The van der Waals surface area contributed by atoms with Gasteiger partial charge in [0.2, 0.25) is 0 Å². The molecule has 0 radical (unpaired) electrons. The maximum absolute atomic E-state index is 12.4. The number of quaternary nitrogens is 1. The zero-order valence-electron chi connectivity index (χ0n) is 14.3. The van der Waals surface area contributed by atoms with Crippen LogP contribution in [0.15, 0.2) is 29.5 Å². The van der Waals surface area contributed by atoms with E-state index < -0.39 is 17.7 Å². The molecule has 0 bridgehead atoms. The largest absolute Gasteiger partial charge is 0.503 e. The molecule has 1 aromatic rings. The zero-order chi connectivity index (χ0) is 18.0. The van der Waals surface area contributed by atoms with Gasteiger partial charge in [-0.05, 0) is 31.5 Å². The molecule has 0 spiro atoms. The van der Waals surface area contributed by atoms with Gasteiger partial charge in [0.1, 0.15) is 0 Å². The number of ether oxygens (including phenoxy) is 2. The summed E-state index contributed by atoms with van der Waals surface area (Å²) >= 11 is 0. The van der Waals surface area contributed by atoms with Crippen LogP contribution in [0.3, 0.4) is 0 Å². The first kappa shape index (κ1) is 17.8. The van der Waals surface area contributed by atoms with E-state index in [2.05, 4.69) is 5.73 Å². The number of amides is 1. The predicted octanol–water partition coefficient (Wildman–Crippen LogP) is 0.619. The molecule has 0 saturated carbocycles. The molecular weight excluding hydrogens is 312 g/mol. The van der Waals surface area contributed by atoms with Gasteiger partial charge in [-0.15, -0.1) is 0 Å². The van der Waals surface area contributed by atoms with Crippen LogP contribution in [0.1, 0.15) is 25.5 Å². The number of Topliss-reactive ketones (excluding diaryl/α,β-unsaturated/α-hetero) is 1. The second-order valence-electron chi connectivity index (χ2n) is 5.90. The number of hydrogen-bond acceptors (Lipinski definition) is 5. The molecule has 1 aromatic carbocycles. The van der Waals surface area contributed by atoms with Gasteiger partial charge in [-0.1, -0.05) is 6.07 Å². The number of carbonyl (C=O) groups excluding carboxylic acids is 2. The topological polar surface area (TPSA) is 104 Å². The highest BCUT2D eigenvalue weighted by atomic mass is 16.5. The number of nitrogens with zero attached hydrogens (tertiary/aromatic N) is 1. The van der Waals surface area contributed by atoms with Crippen LogP contribution in [-0.2, 0) is 9.59 Å². The molecule has 1 heterocycles. The lowest BCUT2D eigenvalue weighted by atomic mass is 9.96. The van der Waals surface area contributed by atoms with Gasteiger partial charge in [0, 0.05) is 0 Å². The summed E-state index contributed by atoms with van der Waals surface area (Å²) in [4.78, 5) is 25.9. The quantitative estimate of drug-likeness (QED) is 0.793. The van der Waals surface area contributed by atoms with Gasteiger partial charge >= 0.3 is 0 Å². The third-order valence-electron chi connectivity index (χ3n) is 3.91. The van der Waals surface area contributed by atoms with E-state index in [-0.39, 0.29) is 17.4 Å². The van der Waals surface area contributed by atoms with Crippen molar-refractivity contribution in [3.63, 3.8) is 0 Å². The lowest BCUT2D eigenvalue weighted by molar-refractivity contribution is -0.415. The number of ketones is 1. The predicted molar refractivity (Wildman–Crippen MR) is 86.7 cm³/mol. The van der Waals surface area contributed by atoms with Crippen LogP contribution < -0.4 is 15.2 Å². The van der Waals surface area contributed by atoms with Crippen LogP contribution in [0.25, 0.3) is 0 Å². The second-order valence-corrected chi connectivity index (χ2v) is 5.90. The Kier molecular flexibility index (Phi) is 5.14. The molecule has 0 unspecified atom stereocenters. The molecule has 0 aliphatic carbocycles. The van der Waals surface area contributed by atoms with E-state index in [1.54, 1.807) is 18.2 Å². The summed E-state index contributed by atoms with van der Waals surface area (Å²) in [5.74, 6) is -0.377. The highest BCUT2D eigenvalue weighted by Crippen LogP contribution is 2.40. The molecule has 1 aliphatic rings. The molecule has 2 rings (SSSR count). The zero-order valence-corrected chi connectivity index (χ0v) is 14.3. The van der Waals surface area contributed by atoms with E-state index in [9.17, 15) is 14.7 Å². The van der Waals surface area contributed by atoms with Crippen molar-refractivity contribution in [2.75, 3.05) is 20.8 Å². The number of aliphatic hydroxyl groups is 1. The Morgan fingerprint density at radius 3 is 2.46 bits per heavy atom. The molecule has 130 valence electrons. The Morgan fingerprint density at radius 1 is 1.33 bits per heavy atom. The molecule has 2 atom stereocenters. The van der Waals surface area contributed by atoms with Crippen molar-refractivity contribution >= 4 is 11.7 Å². The molecule has 7 nitrogen and oxygen atoms in total. The summed E-state index contributed by atoms with van der Waals surface area (Å²) in [6.45, 7) is 3.52. The first-order chi connectivity index (χ1) is 11.3. The second kappa shape index (κ2) is 6.92. The standard InChI is InChI=1S/C17H22N2O5/c1-9(18)8-19-15(14(10(2)20)16(21)17(19)22)11-5-6-12(23-3)13(7-11)24-4/h5-7,9,15,21H,8,18H2,1-4H3/p+1/t9-,15+/m1/s1. The SMILES string of the molecule is COc1ccc([C@H]2C(C(C)=O)=C(O)C(=O)N2C[C@@H](C)[NH3+])cc1OC. The van der Waals surface area contributed by atoms with Gasteiger partial charge in [0.05, 0.1) is 38.4 Å². The third kappa shape index (κ3) is 3.07. The van der Waals surface area contributed by atoms with Crippen molar-refractivity contribution in [2.24, 2.45) is 0 Å². The first-order valence-corrected chi connectivity index (χ1v) is 7.61. The maximum Gasteiger partial charge on any atom is 0.290 e. The molecule has 0 saturated heterocycles. The molecule has 4 N–H and O–H groups in total. The fraction of sp³-hybridized carbons (Fsp3) is 0.412. The minimum atomic E-state index is -0.668. The van der Waals surface area contributed by atoms with Crippen molar-refractivity contribution in [1.82, 2.24) is 4.90 Å². The summed E-state index contributed by atoms with van der Waals surface area (Å²) < 4.78 is 10.5. The average molecular weight is 335 g/mol. The number of benzene rings is 1. The monoisotopic (exact) mass is 335 g/mol. The highest BCUT2D eigenvalue weighted by molar-refractivity contribution is 6.08. The Balaban J connectivity index is 2.57. The van der Waals surface area contributed by atoms with Gasteiger partial charge in [-0.2, -0.15) is 0 Å². The molecule has 0 aromatic heterocycles. The fourth-order valence-electron chi connectivity index (χ4n) is 2.91. The van der Waals surface area contributed by atoms with Crippen LogP contribution >= 0.6 is 0 Å². The van der Waals surface area contributed by atoms with Gasteiger partial charge < -0.3 is 25.2 Å². The smallest absolute Gasteiger partial charge is 0.290 e. The fourth-order valence-corrected chi connectivity index (χ4v) is 2.91. The molecular formula is C17H23N2O5+. The van der Waals surface area contributed by atoms with E-state index in [1.807, 2.05) is 6.92 Å². The van der Waals surface area contributed by atoms with Gasteiger partial charge in [-0.25, -0.2) is 0 Å². The van der Waals surface area contributed by atoms with Crippen molar-refractivity contribution in [2.45, 2.75) is 25.9 Å². The molecule has 0 fully saturated rings. The van der Waals surface area contributed by atoms with Gasteiger partial charge in [-0.3, -0.25) is 9.59 Å². The van der Waals surface area contributed by atoms with Crippen LogP contribution in [0.5, 0.6) is 11.5 Å². The molecule has 1 aliphatic heterocycles. The van der Waals surface area contributed by atoms with Gasteiger partial charge in [0.25, 0.3) is 5.91 Å². The number of methoxy groups -OCH3 is 2. The maximum atomic E-state index is 12.4. The van der Waals surface area contributed by atoms with E-state index >= 15 is 0 Å². The average Bonchev–Trinajstić information content (AvgIpc) is 2.78. The van der Waals surface area contributed by atoms with Crippen molar-refractivity contribution in [3.8, 4) is 11.5 Å². The number of aliphatic hydroxyl groups excluding tert-OH is 1. The van der Waals surface area contributed by atoms with Crippen molar-refractivity contribution < 1.29 is 29.9 Å². The van der Waals surface area contributed by atoms with E-state index in [0.29, 0.717) is 23.6 Å². The normalized spacial score (nSPS) is 18.8. The van der Waals surface area contributed by atoms with Crippen molar-refractivity contribution in [1.29, 1.82) is 0 Å². The lowest BCUT2D eigenvalue weighted by Crippen LogP contribution is -2.63. The summed E-state index contributed by atoms with van der Waals surface area (Å²) in [6, 6.07) is 4.44. The third-order valence-corrected chi connectivity index (χ3v) is 3.91. The number of carbonyl (C=O) groups is 2. The van der Waals surface area contributed by atoms with Crippen LogP contribution in [-0.4, -0.2) is 48.5 Å². The van der Waals surface area contributed by atoms with Gasteiger partial charge in [0.15, 0.2) is 23.0 Å². The Hall–Kier alpha value is -2.54. The Morgan fingerprint density at radius 2 is 1.96 bits per heavy atom. The summed E-state index contributed by atoms with van der Waals surface area (Å²) in [6.07, 6.45) is 0. The molecule has 24 heavy (non-hydrogen) atoms. The highest BCUT2D eigenvalue weighted by Gasteiger charge is 2.43. The van der Waals surface area contributed by atoms with E-state index in [4.69, 9.17) is 9.47 Å². The van der Waals surface area contributed by atoms with Crippen LogP contribution in [0.2, 0.25) is 0 Å². The van der Waals surface area contributed by atoms with Crippen LogP contribution in [0, 0.1) is 0 Å². The summed E-state index contributed by atoms with van der Waals surface area (Å²) in [7, 11) is 3.04. The molecule has 7 heteroatoms. The number of rotatable bonds is 6.